The van der Waals surface area contributed by atoms with Gasteiger partial charge in [-0.2, -0.15) is 4.31 Å². The van der Waals surface area contributed by atoms with Crippen LogP contribution in [0.25, 0.3) is 0 Å². The van der Waals surface area contributed by atoms with Gasteiger partial charge in [-0.25, -0.2) is 12.8 Å². The standard InChI is InChI=1S/C13H19FN2O2S/c1-5-8-16(13(2,3)4)19(17,18)12-9-10(14)6-7-11(12)15/h5-7,9H,1,8,15H2,2-4H3. The summed E-state index contributed by atoms with van der Waals surface area (Å²) in [5, 5.41) is 0. The summed E-state index contributed by atoms with van der Waals surface area (Å²) in [4.78, 5) is -0.218. The minimum absolute atomic E-state index is 0.0275. The van der Waals surface area contributed by atoms with Crippen molar-refractivity contribution in [2.75, 3.05) is 12.3 Å². The average molecular weight is 286 g/mol. The Balaban J connectivity index is 3.43. The summed E-state index contributed by atoms with van der Waals surface area (Å²) in [6.07, 6.45) is 1.48. The van der Waals surface area contributed by atoms with Crippen LogP contribution in [-0.2, 0) is 10.0 Å². The molecule has 0 aliphatic carbocycles. The number of nitrogens with zero attached hydrogens (tertiary/aromatic N) is 1. The van der Waals surface area contributed by atoms with Gasteiger partial charge >= 0.3 is 0 Å². The molecule has 106 valence electrons. The van der Waals surface area contributed by atoms with Gasteiger partial charge in [-0.1, -0.05) is 6.08 Å². The molecule has 0 aromatic heterocycles. The van der Waals surface area contributed by atoms with E-state index in [0.29, 0.717) is 0 Å². The van der Waals surface area contributed by atoms with E-state index in [-0.39, 0.29) is 17.1 Å². The van der Waals surface area contributed by atoms with Gasteiger partial charge in [0.15, 0.2) is 0 Å². The zero-order chi connectivity index (χ0) is 14.8. The van der Waals surface area contributed by atoms with Crippen LogP contribution in [0.4, 0.5) is 10.1 Å². The second-order valence-corrected chi connectivity index (χ2v) is 7.01. The smallest absolute Gasteiger partial charge is 0.245 e. The summed E-state index contributed by atoms with van der Waals surface area (Å²) in [7, 11) is -3.88. The lowest BCUT2D eigenvalue weighted by Crippen LogP contribution is -2.45. The van der Waals surface area contributed by atoms with E-state index < -0.39 is 21.4 Å². The highest BCUT2D eigenvalue weighted by atomic mass is 32.2. The molecule has 0 heterocycles. The molecule has 0 fully saturated rings. The van der Waals surface area contributed by atoms with Crippen molar-refractivity contribution in [2.24, 2.45) is 0 Å². The molecule has 1 aromatic carbocycles. The first kappa shape index (κ1) is 15.7. The van der Waals surface area contributed by atoms with Crippen LogP contribution in [0.3, 0.4) is 0 Å². The maximum Gasteiger partial charge on any atom is 0.245 e. The van der Waals surface area contributed by atoms with Crippen molar-refractivity contribution in [3.63, 3.8) is 0 Å². The quantitative estimate of drug-likeness (QED) is 0.683. The molecule has 0 radical (unpaired) electrons. The van der Waals surface area contributed by atoms with Gasteiger partial charge in [0.25, 0.3) is 0 Å². The fraction of sp³-hybridized carbons (Fsp3) is 0.385. The minimum atomic E-state index is -3.88. The zero-order valence-electron chi connectivity index (χ0n) is 11.4. The predicted octanol–water partition coefficient (Wildman–Crippen LogP) is 2.38. The zero-order valence-corrected chi connectivity index (χ0v) is 12.2. The molecule has 0 unspecified atom stereocenters. The Morgan fingerprint density at radius 3 is 2.47 bits per heavy atom. The van der Waals surface area contributed by atoms with E-state index in [1.807, 2.05) is 0 Å². The highest BCUT2D eigenvalue weighted by Gasteiger charge is 2.34. The first-order valence-electron chi connectivity index (χ1n) is 5.79. The SMILES string of the molecule is C=CCN(C(C)(C)C)S(=O)(=O)c1cc(F)ccc1N. The van der Waals surface area contributed by atoms with Crippen molar-refractivity contribution in [2.45, 2.75) is 31.2 Å². The second-order valence-electron chi connectivity index (χ2n) is 5.18. The number of sulfonamides is 1. The number of nitrogen functional groups attached to an aromatic ring is 1. The van der Waals surface area contributed by atoms with Crippen LogP contribution < -0.4 is 5.73 Å². The topological polar surface area (TPSA) is 63.4 Å². The lowest BCUT2D eigenvalue weighted by molar-refractivity contribution is 0.270. The Hall–Kier alpha value is -1.40. The number of halogens is 1. The number of rotatable bonds is 4. The van der Waals surface area contributed by atoms with Gasteiger partial charge in [-0.3, -0.25) is 0 Å². The van der Waals surface area contributed by atoms with Gasteiger partial charge in [-0.05, 0) is 39.0 Å². The molecule has 0 aliphatic heterocycles. The Morgan fingerprint density at radius 1 is 1.42 bits per heavy atom. The molecule has 1 aromatic rings. The lowest BCUT2D eigenvalue weighted by Gasteiger charge is -2.33. The Bertz CT molecular complexity index is 577. The second kappa shape index (κ2) is 5.30. The van der Waals surface area contributed by atoms with Crippen molar-refractivity contribution < 1.29 is 12.8 Å². The van der Waals surface area contributed by atoms with Gasteiger partial charge < -0.3 is 5.73 Å². The van der Waals surface area contributed by atoms with Gasteiger partial charge in [0, 0.05) is 12.1 Å². The molecule has 0 atom stereocenters. The maximum atomic E-state index is 13.3. The molecule has 2 N–H and O–H groups in total. The minimum Gasteiger partial charge on any atom is -0.398 e. The fourth-order valence-corrected chi connectivity index (χ4v) is 3.59. The van der Waals surface area contributed by atoms with E-state index in [0.717, 1.165) is 12.1 Å². The summed E-state index contributed by atoms with van der Waals surface area (Å²) < 4.78 is 39.6. The van der Waals surface area contributed by atoms with E-state index >= 15 is 0 Å². The molecule has 0 aliphatic rings. The fourth-order valence-electron chi connectivity index (χ4n) is 1.70. The van der Waals surface area contributed by atoms with Crippen molar-refractivity contribution in [1.29, 1.82) is 0 Å². The third-order valence-corrected chi connectivity index (χ3v) is 4.77. The van der Waals surface area contributed by atoms with Crippen LogP contribution in [0.1, 0.15) is 20.8 Å². The molecular weight excluding hydrogens is 267 g/mol. The van der Waals surface area contributed by atoms with Gasteiger partial charge in [0.1, 0.15) is 10.7 Å². The van der Waals surface area contributed by atoms with Crippen LogP contribution in [-0.4, -0.2) is 24.8 Å². The van der Waals surface area contributed by atoms with Gasteiger partial charge in [0.05, 0.1) is 5.69 Å². The van der Waals surface area contributed by atoms with Crippen LogP contribution in [0, 0.1) is 5.82 Å². The average Bonchev–Trinajstić information content (AvgIpc) is 2.27. The first-order valence-corrected chi connectivity index (χ1v) is 7.23. The normalized spacial score (nSPS) is 12.7. The Kier molecular flexibility index (Phi) is 4.37. The van der Waals surface area contributed by atoms with Crippen LogP contribution in [0.5, 0.6) is 0 Å². The van der Waals surface area contributed by atoms with E-state index in [1.54, 1.807) is 20.8 Å². The van der Waals surface area contributed by atoms with E-state index in [2.05, 4.69) is 6.58 Å². The van der Waals surface area contributed by atoms with Crippen molar-refractivity contribution in [3.8, 4) is 0 Å². The maximum absolute atomic E-state index is 13.3. The monoisotopic (exact) mass is 286 g/mol. The molecule has 19 heavy (non-hydrogen) atoms. The Morgan fingerprint density at radius 2 is 2.00 bits per heavy atom. The molecule has 0 saturated carbocycles. The molecular formula is C13H19FN2O2S. The van der Waals surface area contributed by atoms with Crippen molar-refractivity contribution in [1.82, 2.24) is 4.31 Å². The van der Waals surface area contributed by atoms with Crippen LogP contribution in [0.2, 0.25) is 0 Å². The van der Waals surface area contributed by atoms with Gasteiger partial charge in [0.2, 0.25) is 10.0 Å². The number of nitrogens with two attached hydrogens (primary N) is 1. The summed E-state index contributed by atoms with van der Waals surface area (Å²) in [6, 6.07) is 3.31. The van der Waals surface area contributed by atoms with E-state index in [1.165, 1.54) is 16.4 Å². The number of hydrogen-bond donors (Lipinski definition) is 1. The van der Waals surface area contributed by atoms with E-state index in [9.17, 15) is 12.8 Å². The number of hydrogen-bond acceptors (Lipinski definition) is 3. The van der Waals surface area contributed by atoms with Crippen LogP contribution in [0.15, 0.2) is 35.7 Å². The summed E-state index contributed by atoms with van der Waals surface area (Å²) >= 11 is 0. The molecule has 0 amide bonds. The van der Waals surface area contributed by atoms with E-state index in [4.69, 9.17) is 5.73 Å². The first-order chi connectivity index (χ1) is 8.60. The third-order valence-electron chi connectivity index (χ3n) is 2.59. The third kappa shape index (κ3) is 3.33. The van der Waals surface area contributed by atoms with Crippen molar-refractivity contribution in [3.05, 3.63) is 36.7 Å². The molecule has 1 rings (SSSR count). The molecule has 4 nitrogen and oxygen atoms in total. The molecule has 0 bridgehead atoms. The highest BCUT2D eigenvalue weighted by Crippen LogP contribution is 2.28. The Labute approximate surface area is 113 Å². The largest absolute Gasteiger partial charge is 0.398 e. The molecule has 6 heteroatoms. The predicted molar refractivity (Wildman–Crippen MR) is 74.7 cm³/mol. The summed E-state index contributed by atoms with van der Waals surface area (Å²) in [6.45, 7) is 8.94. The van der Waals surface area contributed by atoms with Gasteiger partial charge in [-0.15, -0.1) is 6.58 Å². The van der Waals surface area contributed by atoms with Crippen LogP contribution >= 0.6 is 0 Å². The number of benzene rings is 1. The molecule has 0 saturated heterocycles. The summed E-state index contributed by atoms with van der Waals surface area (Å²) in [5.41, 5.74) is 5.02. The summed E-state index contributed by atoms with van der Waals surface area (Å²) in [5.74, 6) is -0.639. The molecule has 0 spiro atoms. The van der Waals surface area contributed by atoms with Crippen molar-refractivity contribution >= 4 is 15.7 Å². The number of anilines is 1. The highest BCUT2D eigenvalue weighted by molar-refractivity contribution is 7.89. The lowest BCUT2D eigenvalue weighted by atomic mass is 10.1.